The molecule has 0 saturated heterocycles. The molecule has 0 aromatic carbocycles. The van der Waals surface area contributed by atoms with Crippen molar-refractivity contribution in [1.82, 2.24) is 10.3 Å². The second-order valence-corrected chi connectivity index (χ2v) is 4.68. The molecule has 2 rings (SSSR count). The van der Waals surface area contributed by atoms with Gasteiger partial charge in [-0.05, 0) is 41.2 Å². The Bertz CT molecular complexity index is 551. The minimum atomic E-state index is -4.38. The average molecular weight is 335 g/mol. The minimum absolute atomic E-state index is 0.411. The van der Waals surface area contributed by atoms with Crippen LogP contribution in [0.1, 0.15) is 23.1 Å². The van der Waals surface area contributed by atoms with Gasteiger partial charge in [0.25, 0.3) is 0 Å². The predicted molar refractivity (Wildman–Crippen MR) is 66.5 cm³/mol. The lowest BCUT2D eigenvalue weighted by Gasteiger charge is -2.14. The van der Waals surface area contributed by atoms with E-state index in [4.69, 9.17) is 4.42 Å². The standard InChI is InChI=1S/C12H10BrF3N2O/c1-17-10(11-8(13)4-5-19-11)9-3-2-7(6-18-9)12(14,15)16/h2-6,10,17H,1H3. The number of hydrogen-bond acceptors (Lipinski definition) is 3. The zero-order chi connectivity index (χ0) is 14.0. The van der Waals surface area contributed by atoms with Crippen molar-refractivity contribution in [2.75, 3.05) is 7.05 Å². The van der Waals surface area contributed by atoms with Crippen molar-refractivity contribution in [2.45, 2.75) is 12.2 Å². The first-order chi connectivity index (χ1) is 8.93. The van der Waals surface area contributed by atoms with Crippen molar-refractivity contribution in [3.8, 4) is 0 Å². The van der Waals surface area contributed by atoms with E-state index >= 15 is 0 Å². The van der Waals surface area contributed by atoms with Gasteiger partial charge in [-0.1, -0.05) is 0 Å². The minimum Gasteiger partial charge on any atom is -0.466 e. The molecule has 0 aliphatic heterocycles. The van der Waals surface area contributed by atoms with E-state index in [1.54, 1.807) is 13.1 Å². The number of furan rings is 1. The summed E-state index contributed by atoms with van der Waals surface area (Å²) in [5.74, 6) is 0.565. The molecule has 2 heterocycles. The number of rotatable bonds is 3. The van der Waals surface area contributed by atoms with Crippen LogP contribution in [0.3, 0.4) is 0 Å². The second kappa shape index (κ2) is 5.34. The summed E-state index contributed by atoms with van der Waals surface area (Å²) in [6.45, 7) is 0. The predicted octanol–water partition coefficient (Wildman–Crippen LogP) is 3.76. The van der Waals surface area contributed by atoms with Crippen molar-refractivity contribution >= 4 is 15.9 Å². The smallest absolute Gasteiger partial charge is 0.417 e. The lowest BCUT2D eigenvalue weighted by Crippen LogP contribution is -2.19. The van der Waals surface area contributed by atoms with E-state index < -0.39 is 17.8 Å². The normalized spacial score (nSPS) is 13.5. The van der Waals surface area contributed by atoms with E-state index in [0.29, 0.717) is 11.5 Å². The quantitative estimate of drug-likeness (QED) is 0.928. The molecule has 0 saturated carbocycles. The van der Waals surface area contributed by atoms with Crippen LogP contribution in [0.5, 0.6) is 0 Å². The van der Waals surface area contributed by atoms with Gasteiger partial charge in [0.05, 0.1) is 22.0 Å². The van der Waals surface area contributed by atoms with Gasteiger partial charge in [0.15, 0.2) is 0 Å². The Balaban J connectivity index is 2.33. The third-order valence-electron chi connectivity index (χ3n) is 2.61. The third kappa shape index (κ3) is 2.98. The van der Waals surface area contributed by atoms with Gasteiger partial charge < -0.3 is 9.73 Å². The van der Waals surface area contributed by atoms with Crippen LogP contribution in [-0.2, 0) is 6.18 Å². The van der Waals surface area contributed by atoms with Crippen LogP contribution in [0.15, 0.2) is 39.5 Å². The van der Waals surface area contributed by atoms with E-state index in [-0.39, 0.29) is 0 Å². The number of nitrogens with zero attached hydrogens (tertiary/aromatic N) is 1. The molecule has 0 spiro atoms. The molecule has 0 aliphatic rings. The zero-order valence-electron chi connectivity index (χ0n) is 9.83. The van der Waals surface area contributed by atoms with Crippen LogP contribution in [0.2, 0.25) is 0 Å². The molecule has 0 fully saturated rings. The Morgan fingerprint density at radius 3 is 2.47 bits per heavy atom. The lowest BCUT2D eigenvalue weighted by atomic mass is 10.1. The number of pyridine rings is 1. The van der Waals surface area contributed by atoms with E-state index in [1.807, 2.05) is 0 Å². The summed E-state index contributed by atoms with van der Waals surface area (Å²) >= 11 is 3.31. The van der Waals surface area contributed by atoms with Crippen LogP contribution < -0.4 is 5.32 Å². The first-order valence-electron chi connectivity index (χ1n) is 5.36. The number of halogens is 4. The van der Waals surface area contributed by atoms with E-state index in [9.17, 15) is 13.2 Å². The topological polar surface area (TPSA) is 38.1 Å². The monoisotopic (exact) mass is 334 g/mol. The first kappa shape index (κ1) is 14.1. The molecule has 102 valence electrons. The second-order valence-electron chi connectivity index (χ2n) is 3.82. The lowest BCUT2D eigenvalue weighted by molar-refractivity contribution is -0.137. The molecule has 0 amide bonds. The molecular weight excluding hydrogens is 325 g/mol. The van der Waals surface area contributed by atoms with Crippen molar-refractivity contribution < 1.29 is 17.6 Å². The Morgan fingerprint density at radius 1 is 1.32 bits per heavy atom. The molecule has 1 N–H and O–H groups in total. The van der Waals surface area contributed by atoms with Gasteiger partial charge >= 0.3 is 6.18 Å². The fourth-order valence-corrected chi connectivity index (χ4v) is 2.10. The van der Waals surface area contributed by atoms with Gasteiger partial charge in [-0.15, -0.1) is 0 Å². The van der Waals surface area contributed by atoms with E-state index in [0.717, 1.165) is 16.7 Å². The van der Waals surface area contributed by atoms with Crippen molar-refractivity contribution in [2.24, 2.45) is 0 Å². The highest BCUT2D eigenvalue weighted by molar-refractivity contribution is 9.10. The summed E-state index contributed by atoms with van der Waals surface area (Å²) in [5.41, 5.74) is -0.323. The highest BCUT2D eigenvalue weighted by Crippen LogP contribution is 2.31. The molecule has 2 aromatic heterocycles. The molecule has 0 aliphatic carbocycles. The van der Waals surface area contributed by atoms with Crippen LogP contribution in [0.4, 0.5) is 13.2 Å². The Kier molecular flexibility index (Phi) is 3.96. The van der Waals surface area contributed by atoms with Crippen LogP contribution in [0.25, 0.3) is 0 Å². The summed E-state index contributed by atoms with van der Waals surface area (Å²) in [6, 6.07) is 3.64. The fourth-order valence-electron chi connectivity index (χ4n) is 1.67. The summed E-state index contributed by atoms with van der Waals surface area (Å²) in [5, 5.41) is 2.95. The van der Waals surface area contributed by atoms with E-state index in [2.05, 4.69) is 26.2 Å². The van der Waals surface area contributed by atoms with Crippen LogP contribution in [-0.4, -0.2) is 12.0 Å². The van der Waals surface area contributed by atoms with Gasteiger partial charge in [0.1, 0.15) is 11.8 Å². The average Bonchev–Trinajstić information content (AvgIpc) is 2.76. The maximum Gasteiger partial charge on any atom is 0.417 e. The molecule has 2 aromatic rings. The van der Waals surface area contributed by atoms with E-state index in [1.165, 1.54) is 12.3 Å². The Morgan fingerprint density at radius 2 is 2.05 bits per heavy atom. The van der Waals surface area contributed by atoms with Crippen molar-refractivity contribution in [1.29, 1.82) is 0 Å². The maximum absolute atomic E-state index is 12.5. The third-order valence-corrected chi connectivity index (χ3v) is 3.26. The molecule has 0 radical (unpaired) electrons. The van der Waals surface area contributed by atoms with Gasteiger partial charge in [-0.2, -0.15) is 13.2 Å². The van der Waals surface area contributed by atoms with Crippen LogP contribution >= 0.6 is 15.9 Å². The van der Waals surface area contributed by atoms with Gasteiger partial charge in [0, 0.05) is 6.20 Å². The molecule has 19 heavy (non-hydrogen) atoms. The largest absolute Gasteiger partial charge is 0.466 e. The SMILES string of the molecule is CNC(c1ccc(C(F)(F)F)cn1)c1occc1Br. The number of nitrogens with one attached hydrogen (secondary N) is 1. The Labute approximate surface area is 116 Å². The molecule has 7 heteroatoms. The number of alkyl halides is 3. The van der Waals surface area contributed by atoms with Gasteiger partial charge in [0.2, 0.25) is 0 Å². The highest BCUT2D eigenvalue weighted by atomic mass is 79.9. The molecule has 1 unspecified atom stereocenters. The summed E-state index contributed by atoms with van der Waals surface area (Å²) < 4.78 is 43.4. The van der Waals surface area contributed by atoms with Gasteiger partial charge in [-0.3, -0.25) is 4.98 Å². The number of aromatic nitrogens is 1. The summed E-state index contributed by atoms with van der Waals surface area (Å²) in [6.07, 6.45) is -2.07. The summed E-state index contributed by atoms with van der Waals surface area (Å²) in [4.78, 5) is 3.85. The number of hydrogen-bond donors (Lipinski definition) is 1. The summed E-state index contributed by atoms with van der Waals surface area (Å²) in [7, 11) is 1.68. The zero-order valence-corrected chi connectivity index (χ0v) is 11.4. The molecule has 0 bridgehead atoms. The molecule has 3 nitrogen and oxygen atoms in total. The maximum atomic E-state index is 12.5. The highest BCUT2D eigenvalue weighted by Gasteiger charge is 2.31. The van der Waals surface area contributed by atoms with Crippen LogP contribution in [0, 0.1) is 0 Å². The molecule has 1 atom stereocenters. The first-order valence-corrected chi connectivity index (χ1v) is 6.16. The van der Waals surface area contributed by atoms with Crippen molar-refractivity contribution in [3.63, 3.8) is 0 Å². The molecular formula is C12H10BrF3N2O. The fraction of sp³-hybridized carbons (Fsp3) is 0.250. The van der Waals surface area contributed by atoms with Gasteiger partial charge in [-0.25, -0.2) is 0 Å². The van der Waals surface area contributed by atoms with Crippen molar-refractivity contribution in [3.05, 3.63) is 52.1 Å². The Hall–Kier alpha value is -1.34.